The Morgan fingerprint density at radius 2 is 1.09 bits per heavy atom. The molecule has 3 heterocycles. The molecule has 11 aromatic rings. The molecule has 0 aliphatic carbocycles. The molecule has 0 saturated heterocycles. The van der Waals surface area contributed by atoms with Crippen molar-refractivity contribution in [3.8, 4) is 62.1 Å². The van der Waals surface area contributed by atoms with E-state index in [1.54, 1.807) is 0 Å². The van der Waals surface area contributed by atoms with Gasteiger partial charge in [0.2, 0.25) is 0 Å². The van der Waals surface area contributed by atoms with E-state index in [4.69, 9.17) is 26.2 Å². The molecular weight excluding hydrogens is 685 g/mol. The lowest BCUT2D eigenvalue weighted by Crippen LogP contribution is -2.01. The zero-order chi connectivity index (χ0) is 41.4. The van der Waals surface area contributed by atoms with E-state index in [9.17, 15) is 0 Å². The van der Waals surface area contributed by atoms with Crippen molar-refractivity contribution in [3.05, 3.63) is 194 Å². The molecular formula is C51H32N4O. The lowest BCUT2D eigenvalue weighted by molar-refractivity contribution is 0.670. The second kappa shape index (κ2) is 13.0. The molecule has 3 aromatic heterocycles. The van der Waals surface area contributed by atoms with Crippen LogP contribution < -0.4 is 0 Å². The fraction of sp³-hybridized carbons (Fsp3) is 0. The summed E-state index contributed by atoms with van der Waals surface area (Å²) >= 11 is 0. The highest BCUT2D eigenvalue weighted by atomic mass is 16.3. The lowest BCUT2D eigenvalue weighted by Gasteiger charge is -2.11. The van der Waals surface area contributed by atoms with E-state index in [2.05, 4.69) is 59.2 Å². The van der Waals surface area contributed by atoms with E-state index in [1.807, 2.05) is 109 Å². The molecule has 5 nitrogen and oxygen atoms in total. The quantitative estimate of drug-likeness (QED) is 0.172. The summed E-state index contributed by atoms with van der Waals surface area (Å²) in [6.45, 7) is 0. The molecule has 0 atom stereocenters. The molecule has 0 N–H and O–H groups in total. The predicted molar refractivity (Wildman–Crippen MR) is 229 cm³/mol. The van der Waals surface area contributed by atoms with Gasteiger partial charge in [-0.15, -0.1) is 0 Å². The summed E-state index contributed by atoms with van der Waals surface area (Å²) in [6.07, 6.45) is 0. The third kappa shape index (κ3) is 5.29. The maximum atomic E-state index is 8.95. The smallest absolute Gasteiger partial charge is 0.164 e. The van der Waals surface area contributed by atoms with Gasteiger partial charge >= 0.3 is 0 Å². The summed E-state index contributed by atoms with van der Waals surface area (Å²) in [6, 6.07) is 52.3. The average Bonchev–Trinajstić information content (AvgIpc) is 3.87. The number of hydrogen-bond acceptors (Lipinski definition) is 4. The third-order valence-corrected chi connectivity index (χ3v) is 10.3. The summed E-state index contributed by atoms with van der Waals surface area (Å²) in [5, 5.41) is 3.66. The Morgan fingerprint density at radius 3 is 1.88 bits per heavy atom. The van der Waals surface area contributed by atoms with Crippen molar-refractivity contribution in [1.82, 2.24) is 19.5 Å². The van der Waals surface area contributed by atoms with E-state index in [-0.39, 0.29) is 17.6 Å². The molecule has 0 aliphatic heterocycles. The minimum Gasteiger partial charge on any atom is -0.455 e. The van der Waals surface area contributed by atoms with Gasteiger partial charge in [0.25, 0.3) is 0 Å². The van der Waals surface area contributed by atoms with Crippen molar-refractivity contribution >= 4 is 43.7 Å². The van der Waals surface area contributed by atoms with Crippen LogP contribution in [0, 0.1) is 0 Å². The van der Waals surface area contributed by atoms with Crippen molar-refractivity contribution in [3.63, 3.8) is 0 Å². The monoisotopic (exact) mass is 721 g/mol. The van der Waals surface area contributed by atoms with Crippen LogP contribution in [0.3, 0.4) is 0 Å². The molecule has 0 radical (unpaired) electrons. The van der Waals surface area contributed by atoms with Crippen LogP contribution in [-0.2, 0) is 0 Å². The van der Waals surface area contributed by atoms with E-state index in [1.165, 1.54) is 0 Å². The zero-order valence-electron chi connectivity index (χ0n) is 34.8. The van der Waals surface area contributed by atoms with Crippen molar-refractivity contribution < 1.29 is 11.3 Å². The summed E-state index contributed by atoms with van der Waals surface area (Å²) in [5.41, 5.74) is 8.53. The van der Waals surface area contributed by atoms with E-state index in [0.29, 0.717) is 45.2 Å². The number of nitrogens with zero attached hydrogens (tertiary/aromatic N) is 4. The molecule has 0 bridgehead atoms. The molecule has 11 rings (SSSR count). The van der Waals surface area contributed by atoms with Gasteiger partial charge in [0, 0.05) is 49.5 Å². The van der Waals surface area contributed by atoms with Crippen LogP contribution >= 0.6 is 0 Å². The molecule has 262 valence electrons. The van der Waals surface area contributed by atoms with E-state index >= 15 is 0 Å². The second-order valence-corrected chi connectivity index (χ2v) is 13.6. The second-order valence-electron chi connectivity index (χ2n) is 13.6. The lowest BCUT2D eigenvalue weighted by atomic mass is 9.95. The van der Waals surface area contributed by atoms with Crippen LogP contribution in [0.15, 0.2) is 198 Å². The van der Waals surface area contributed by atoms with Gasteiger partial charge in [-0.25, -0.2) is 15.0 Å². The molecule has 56 heavy (non-hydrogen) atoms. The topological polar surface area (TPSA) is 56.7 Å². The Labute approximate surface area is 329 Å². The largest absolute Gasteiger partial charge is 0.455 e. The standard InChI is InChI=1S/C51H32N4O/c1-5-16-33(17-6-1)37-30-42(34-18-7-2-8-19-34)48-43(31-37)47-41(25-15-27-46(47)56-48)51-53-49(35-20-9-3-10-21-35)52-50(54-51)36-28-29-40-39-24-13-14-26-44(39)55(45(40)32-36)38-22-11-4-12-23-38/h1-32H/i2D,7D,8D,18D,19D. The first-order chi connectivity index (χ1) is 29.8. The molecule has 0 saturated carbocycles. The van der Waals surface area contributed by atoms with Gasteiger partial charge in [0.05, 0.1) is 17.9 Å². The summed E-state index contributed by atoms with van der Waals surface area (Å²) in [4.78, 5) is 15.4. The number of aromatic nitrogens is 4. The normalized spacial score (nSPS) is 12.8. The highest BCUT2D eigenvalue weighted by Gasteiger charge is 2.21. The molecule has 0 unspecified atom stereocenters. The van der Waals surface area contributed by atoms with Crippen molar-refractivity contribution in [2.75, 3.05) is 0 Å². The minimum absolute atomic E-state index is 0.0616. The molecule has 0 aliphatic rings. The molecule has 5 heteroatoms. The number of fused-ring (bicyclic) bond motifs is 6. The van der Waals surface area contributed by atoms with Gasteiger partial charge in [0.15, 0.2) is 17.5 Å². The average molecular weight is 722 g/mol. The summed E-state index contributed by atoms with van der Waals surface area (Å²) < 4.78 is 52.1. The third-order valence-electron chi connectivity index (χ3n) is 10.3. The highest BCUT2D eigenvalue weighted by molar-refractivity contribution is 6.16. The number of benzene rings is 8. The van der Waals surface area contributed by atoms with Crippen LogP contribution in [0.1, 0.15) is 6.85 Å². The van der Waals surface area contributed by atoms with Crippen molar-refractivity contribution in [1.29, 1.82) is 0 Å². The highest BCUT2D eigenvalue weighted by Crippen LogP contribution is 2.43. The fourth-order valence-electron chi connectivity index (χ4n) is 7.79. The predicted octanol–water partition coefficient (Wildman–Crippen LogP) is 13.2. The Kier molecular flexibility index (Phi) is 6.29. The molecule has 0 spiro atoms. The first kappa shape index (κ1) is 27.0. The van der Waals surface area contributed by atoms with Gasteiger partial charge < -0.3 is 8.98 Å². The van der Waals surface area contributed by atoms with Crippen LogP contribution in [0.4, 0.5) is 0 Å². The van der Waals surface area contributed by atoms with Gasteiger partial charge in [-0.1, -0.05) is 152 Å². The maximum Gasteiger partial charge on any atom is 0.164 e. The Hall–Kier alpha value is -7.63. The van der Waals surface area contributed by atoms with Crippen LogP contribution in [0.5, 0.6) is 0 Å². The molecule has 0 amide bonds. The number of hydrogen-bond donors (Lipinski definition) is 0. The maximum absolute atomic E-state index is 8.95. The number of furan rings is 1. The van der Waals surface area contributed by atoms with Crippen LogP contribution in [0.2, 0.25) is 0 Å². The summed E-state index contributed by atoms with van der Waals surface area (Å²) in [7, 11) is 0. The SMILES string of the molecule is [2H]c1c([2H])c([2H])c(-c2cc(-c3ccccc3)cc3c2oc2cccc(-c4nc(-c5ccccc5)nc(-c5ccc6c7ccccc7n(-c7ccccc7)c6c5)n4)c23)c([2H])c1[2H]. The van der Waals surface area contributed by atoms with Crippen molar-refractivity contribution in [2.24, 2.45) is 0 Å². The fourth-order valence-corrected chi connectivity index (χ4v) is 7.79. The van der Waals surface area contributed by atoms with Gasteiger partial charge in [-0.2, -0.15) is 0 Å². The van der Waals surface area contributed by atoms with Gasteiger partial charge in [0.1, 0.15) is 11.2 Å². The molecule has 0 fully saturated rings. The number of para-hydroxylation sites is 2. The van der Waals surface area contributed by atoms with Crippen molar-refractivity contribution in [2.45, 2.75) is 0 Å². The first-order valence-electron chi connectivity index (χ1n) is 20.9. The minimum atomic E-state index is -0.457. The van der Waals surface area contributed by atoms with E-state index < -0.39 is 18.1 Å². The Balaban J connectivity index is 1.19. The van der Waals surface area contributed by atoms with Gasteiger partial charge in [-0.3, -0.25) is 0 Å². The Bertz CT molecular complexity index is 3500. The summed E-state index contributed by atoms with van der Waals surface area (Å²) in [5.74, 6) is 1.42. The first-order valence-corrected chi connectivity index (χ1v) is 18.4. The van der Waals surface area contributed by atoms with Gasteiger partial charge in [-0.05, 0) is 59.2 Å². The van der Waals surface area contributed by atoms with Crippen LogP contribution in [-0.4, -0.2) is 19.5 Å². The van der Waals surface area contributed by atoms with E-state index in [0.717, 1.165) is 55.1 Å². The Morgan fingerprint density at radius 1 is 0.429 bits per heavy atom. The number of rotatable bonds is 6. The zero-order valence-corrected chi connectivity index (χ0v) is 29.8. The molecule has 8 aromatic carbocycles. The van der Waals surface area contributed by atoms with Crippen LogP contribution in [0.25, 0.3) is 106 Å².